The first-order valence-corrected chi connectivity index (χ1v) is 8.69. The van der Waals surface area contributed by atoms with Crippen LogP contribution in [0.2, 0.25) is 0 Å². The Bertz CT molecular complexity index is 858. The van der Waals surface area contributed by atoms with E-state index >= 15 is 0 Å². The summed E-state index contributed by atoms with van der Waals surface area (Å²) < 4.78 is 7.43. The lowest BCUT2D eigenvalue weighted by Gasteiger charge is -2.15. The summed E-state index contributed by atoms with van der Waals surface area (Å²) in [5, 5.41) is 3.58. The van der Waals surface area contributed by atoms with Gasteiger partial charge < -0.3 is 20.4 Å². The molecule has 0 spiro atoms. The van der Waals surface area contributed by atoms with Crippen molar-refractivity contribution >= 4 is 17.1 Å². The summed E-state index contributed by atoms with van der Waals surface area (Å²) in [4.78, 5) is 9.11. The molecule has 1 aliphatic rings. The Hall–Kier alpha value is -2.60. The van der Waals surface area contributed by atoms with Crippen molar-refractivity contribution < 1.29 is 4.74 Å². The van der Waals surface area contributed by atoms with E-state index in [1.807, 2.05) is 18.2 Å². The molecule has 1 saturated carbocycles. The number of pyridine rings is 1. The van der Waals surface area contributed by atoms with Crippen molar-refractivity contribution in [3.8, 4) is 5.75 Å². The van der Waals surface area contributed by atoms with Crippen LogP contribution in [0.4, 0.5) is 5.95 Å². The second kappa shape index (κ2) is 6.72. The fourth-order valence-electron chi connectivity index (χ4n) is 3.47. The van der Waals surface area contributed by atoms with E-state index in [1.54, 1.807) is 13.3 Å². The Kier molecular flexibility index (Phi) is 4.28. The number of ether oxygens (including phenoxy) is 1. The molecule has 0 saturated heterocycles. The van der Waals surface area contributed by atoms with Gasteiger partial charge in [-0.3, -0.25) is 0 Å². The van der Waals surface area contributed by atoms with Crippen LogP contribution < -0.4 is 15.8 Å². The second-order valence-electron chi connectivity index (χ2n) is 6.63. The van der Waals surface area contributed by atoms with E-state index in [9.17, 15) is 0 Å². The van der Waals surface area contributed by atoms with Gasteiger partial charge in [0.15, 0.2) is 5.65 Å². The highest BCUT2D eigenvalue weighted by Crippen LogP contribution is 2.25. The molecule has 25 heavy (non-hydrogen) atoms. The summed E-state index contributed by atoms with van der Waals surface area (Å²) >= 11 is 0. The lowest BCUT2D eigenvalue weighted by atomic mass is 10.2. The number of nitrogens with zero attached hydrogens (tertiary/aromatic N) is 3. The molecule has 2 heterocycles. The van der Waals surface area contributed by atoms with E-state index < -0.39 is 0 Å². The maximum atomic E-state index is 6.05. The molecule has 6 nitrogen and oxygen atoms in total. The monoisotopic (exact) mass is 337 g/mol. The zero-order chi connectivity index (χ0) is 17.2. The van der Waals surface area contributed by atoms with Crippen LogP contribution in [-0.4, -0.2) is 33.7 Å². The summed E-state index contributed by atoms with van der Waals surface area (Å²) in [6.07, 6.45) is 4.91. The highest BCUT2D eigenvalue weighted by molar-refractivity contribution is 5.74. The molecule has 1 aliphatic carbocycles. The molecule has 0 radical (unpaired) electrons. The summed E-state index contributed by atoms with van der Waals surface area (Å²) in [6.45, 7) is 0.729. The molecule has 2 aromatic heterocycles. The van der Waals surface area contributed by atoms with Crippen LogP contribution in [0.15, 0.2) is 42.6 Å². The standard InChI is InChI=1S/C19H23N5O/c1-25-16-8-4-13(5-9-16)12-24-17-3-2-10-21-18(17)23-19(24)22-15-7-6-14(20)11-15/h2-5,8-10,14-15H,6-7,11-12,20H2,1H3,(H,21,22,23). The molecule has 4 rings (SSSR count). The predicted octanol–water partition coefficient (Wildman–Crippen LogP) is 2.78. The number of aromatic nitrogens is 3. The van der Waals surface area contributed by atoms with Crippen molar-refractivity contribution in [2.24, 2.45) is 5.73 Å². The third-order valence-corrected chi connectivity index (χ3v) is 4.83. The number of imidazole rings is 1. The largest absolute Gasteiger partial charge is 0.497 e. The fraction of sp³-hybridized carbons (Fsp3) is 0.368. The van der Waals surface area contributed by atoms with Crippen molar-refractivity contribution in [3.63, 3.8) is 0 Å². The number of rotatable bonds is 5. The van der Waals surface area contributed by atoms with E-state index in [2.05, 4.69) is 33.1 Å². The van der Waals surface area contributed by atoms with Gasteiger partial charge in [0.1, 0.15) is 5.75 Å². The fourth-order valence-corrected chi connectivity index (χ4v) is 3.47. The van der Waals surface area contributed by atoms with Gasteiger partial charge in [-0.1, -0.05) is 12.1 Å². The number of fused-ring (bicyclic) bond motifs is 1. The highest BCUT2D eigenvalue weighted by Gasteiger charge is 2.23. The van der Waals surface area contributed by atoms with Crippen LogP contribution in [-0.2, 0) is 6.54 Å². The van der Waals surface area contributed by atoms with Crippen LogP contribution >= 0.6 is 0 Å². The molecular formula is C19H23N5O. The van der Waals surface area contributed by atoms with Gasteiger partial charge in [-0.15, -0.1) is 0 Å². The average Bonchev–Trinajstić information content (AvgIpc) is 3.20. The van der Waals surface area contributed by atoms with E-state index in [-0.39, 0.29) is 6.04 Å². The van der Waals surface area contributed by atoms with E-state index in [4.69, 9.17) is 15.5 Å². The van der Waals surface area contributed by atoms with E-state index in [1.165, 1.54) is 5.56 Å². The van der Waals surface area contributed by atoms with E-state index in [0.29, 0.717) is 6.04 Å². The topological polar surface area (TPSA) is 78.0 Å². The molecule has 3 aromatic rings. The third kappa shape index (κ3) is 3.30. The number of benzene rings is 1. The van der Waals surface area contributed by atoms with Gasteiger partial charge in [-0.2, -0.15) is 4.98 Å². The summed E-state index contributed by atoms with van der Waals surface area (Å²) in [6, 6.07) is 12.8. The summed E-state index contributed by atoms with van der Waals surface area (Å²) in [5.74, 6) is 1.72. The van der Waals surface area contributed by atoms with Crippen LogP contribution in [0, 0.1) is 0 Å². The minimum absolute atomic E-state index is 0.287. The van der Waals surface area contributed by atoms with Crippen LogP contribution in [0.3, 0.4) is 0 Å². The molecular weight excluding hydrogens is 314 g/mol. The molecule has 0 bridgehead atoms. The van der Waals surface area contributed by atoms with Crippen LogP contribution in [0.25, 0.3) is 11.2 Å². The van der Waals surface area contributed by atoms with Crippen molar-refractivity contribution in [3.05, 3.63) is 48.2 Å². The quantitative estimate of drug-likeness (QED) is 0.748. The minimum atomic E-state index is 0.287. The molecule has 3 N–H and O–H groups in total. The lowest BCUT2D eigenvalue weighted by Crippen LogP contribution is -2.22. The molecule has 0 aliphatic heterocycles. The van der Waals surface area contributed by atoms with Crippen molar-refractivity contribution in [1.82, 2.24) is 14.5 Å². The Balaban J connectivity index is 1.66. The molecule has 2 atom stereocenters. The average molecular weight is 337 g/mol. The zero-order valence-electron chi connectivity index (χ0n) is 14.4. The van der Waals surface area contributed by atoms with Crippen LogP contribution in [0.5, 0.6) is 5.75 Å². The Labute approximate surface area is 147 Å². The van der Waals surface area contributed by atoms with Gasteiger partial charge in [0.05, 0.1) is 19.2 Å². The number of nitrogens with one attached hydrogen (secondary N) is 1. The second-order valence-corrected chi connectivity index (χ2v) is 6.63. The van der Waals surface area contributed by atoms with Gasteiger partial charge in [-0.05, 0) is 49.1 Å². The lowest BCUT2D eigenvalue weighted by molar-refractivity contribution is 0.414. The third-order valence-electron chi connectivity index (χ3n) is 4.83. The van der Waals surface area contributed by atoms with Crippen molar-refractivity contribution in [2.75, 3.05) is 12.4 Å². The maximum absolute atomic E-state index is 6.05. The van der Waals surface area contributed by atoms with Gasteiger partial charge >= 0.3 is 0 Å². The molecule has 2 unspecified atom stereocenters. The summed E-state index contributed by atoms with van der Waals surface area (Å²) in [5.41, 5.74) is 9.04. The smallest absolute Gasteiger partial charge is 0.205 e. The number of hydrogen-bond donors (Lipinski definition) is 2. The van der Waals surface area contributed by atoms with Gasteiger partial charge in [-0.25, -0.2) is 4.98 Å². The SMILES string of the molecule is COc1ccc(Cn2c(NC3CCC(N)C3)nc3ncccc32)cc1. The first-order valence-electron chi connectivity index (χ1n) is 8.69. The van der Waals surface area contributed by atoms with Crippen molar-refractivity contribution in [2.45, 2.75) is 37.9 Å². The molecule has 6 heteroatoms. The normalized spacial score (nSPS) is 20.1. The molecule has 0 amide bonds. The van der Waals surface area contributed by atoms with Gasteiger partial charge in [0.2, 0.25) is 5.95 Å². The Morgan fingerprint density at radius 2 is 2.08 bits per heavy atom. The van der Waals surface area contributed by atoms with Gasteiger partial charge in [0.25, 0.3) is 0 Å². The number of nitrogens with two attached hydrogens (primary N) is 1. The Morgan fingerprint density at radius 1 is 1.24 bits per heavy atom. The summed E-state index contributed by atoms with van der Waals surface area (Å²) in [7, 11) is 1.68. The van der Waals surface area contributed by atoms with E-state index in [0.717, 1.165) is 48.7 Å². The first-order chi connectivity index (χ1) is 12.2. The molecule has 130 valence electrons. The van der Waals surface area contributed by atoms with Crippen molar-refractivity contribution in [1.29, 1.82) is 0 Å². The molecule has 1 aromatic carbocycles. The molecule has 1 fully saturated rings. The number of methoxy groups -OCH3 is 1. The highest BCUT2D eigenvalue weighted by atomic mass is 16.5. The number of anilines is 1. The zero-order valence-corrected chi connectivity index (χ0v) is 14.4. The Morgan fingerprint density at radius 3 is 2.80 bits per heavy atom. The predicted molar refractivity (Wildman–Crippen MR) is 98.9 cm³/mol. The minimum Gasteiger partial charge on any atom is -0.497 e. The maximum Gasteiger partial charge on any atom is 0.205 e. The van der Waals surface area contributed by atoms with Crippen LogP contribution in [0.1, 0.15) is 24.8 Å². The van der Waals surface area contributed by atoms with Gasteiger partial charge in [0, 0.05) is 18.3 Å². The number of hydrogen-bond acceptors (Lipinski definition) is 5. The first kappa shape index (κ1) is 15.9.